The fourth-order valence-electron chi connectivity index (χ4n) is 1.72. The zero-order chi connectivity index (χ0) is 15.3. The predicted molar refractivity (Wildman–Crippen MR) is 78.3 cm³/mol. The number of rotatable bonds is 7. The van der Waals surface area contributed by atoms with E-state index in [2.05, 4.69) is 9.46 Å². The van der Waals surface area contributed by atoms with Crippen LogP contribution in [0.2, 0.25) is 0 Å². The van der Waals surface area contributed by atoms with E-state index in [0.29, 0.717) is 12.3 Å². The maximum atomic E-state index is 12.2. The molecule has 0 radical (unpaired) electrons. The fraction of sp³-hybridized carbons (Fsp3) is 0.583. The molecule has 0 aliphatic carbocycles. The molecule has 114 valence electrons. The molecule has 0 aliphatic heterocycles. The molecule has 0 spiro atoms. The molecule has 0 saturated heterocycles. The molecule has 6 nitrogen and oxygen atoms in total. The van der Waals surface area contributed by atoms with Crippen LogP contribution in [0.1, 0.15) is 29.9 Å². The van der Waals surface area contributed by atoms with Gasteiger partial charge in [0.15, 0.2) is 0 Å². The first-order chi connectivity index (χ1) is 9.30. The van der Waals surface area contributed by atoms with E-state index in [9.17, 15) is 13.2 Å². The summed E-state index contributed by atoms with van der Waals surface area (Å²) in [5.41, 5.74) is 5.58. The van der Waals surface area contributed by atoms with E-state index >= 15 is 0 Å². The second kappa shape index (κ2) is 7.16. The van der Waals surface area contributed by atoms with Crippen LogP contribution in [-0.2, 0) is 14.8 Å². The fourth-order valence-corrected chi connectivity index (χ4v) is 4.17. The largest absolute Gasteiger partial charge is 0.465 e. The molecular weight excluding hydrogens is 300 g/mol. The smallest absolute Gasteiger partial charge is 0.348 e. The highest BCUT2D eigenvalue weighted by Crippen LogP contribution is 2.20. The molecule has 0 amide bonds. The van der Waals surface area contributed by atoms with Gasteiger partial charge in [-0.2, -0.15) is 0 Å². The molecular formula is C12H20N2O4S2. The molecule has 3 N–H and O–H groups in total. The number of thiophene rings is 1. The number of sulfonamides is 1. The van der Waals surface area contributed by atoms with E-state index in [4.69, 9.17) is 5.73 Å². The molecule has 1 atom stereocenters. The average molecular weight is 320 g/mol. The number of hydrogen-bond acceptors (Lipinski definition) is 6. The minimum atomic E-state index is -3.67. The van der Waals surface area contributed by atoms with E-state index in [1.807, 2.05) is 13.8 Å². The Morgan fingerprint density at radius 2 is 2.15 bits per heavy atom. The van der Waals surface area contributed by atoms with Crippen molar-refractivity contribution in [3.63, 3.8) is 0 Å². The van der Waals surface area contributed by atoms with Gasteiger partial charge in [-0.15, -0.1) is 11.3 Å². The van der Waals surface area contributed by atoms with E-state index in [1.165, 1.54) is 18.6 Å². The molecule has 8 heteroatoms. The van der Waals surface area contributed by atoms with Crippen LogP contribution in [0.15, 0.2) is 16.3 Å². The van der Waals surface area contributed by atoms with E-state index in [-0.39, 0.29) is 22.4 Å². The van der Waals surface area contributed by atoms with Gasteiger partial charge in [0.25, 0.3) is 0 Å². The van der Waals surface area contributed by atoms with Crippen molar-refractivity contribution in [3.05, 3.63) is 16.3 Å². The number of carbonyl (C=O) groups excluding carboxylic acids is 1. The van der Waals surface area contributed by atoms with Crippen molar-refractivity contribution in [2.75, 3.05) is 13.7 Å². The van der Waals surface area contributed by atoms with Gasteiger partial charge in [0.05, 0.1) is 12.0 Å². The molecule has 0 aromatic carbocycles. The van der Waals surface area contributed by atoms with Crippen LogP contribution in [-0.4, -0.2) is 34.1 Å². The van der Waals surface area contributed by atoms with E-state index in [1.54, 1.807) is 0 Å². The lowest BCUT2D eigenvalue weighted by Crippen LogP contribution is -2.40. The Balaban J connectivity index is 2.87. The first-order valence-corrected chi connectivity index (χ1v) is 8.55. The van der Waals surface area contributed by atoms with Crippen LogP contribution in [0, 0.1) is 5.92 Å². The Labute approximate surface area is 123 Å². The molecule has 1 unspecified atom stereocenters. The van der Waals surface area contributed by atoms with Crippen LogP contribution in [0.5, 0.6) is 0 Å². The van der Waals surface area contributed by atoms with Crippen LogP contribution >= 0.6 is 11.3 Å². The Kier molecular flexibility index (Phi) is 6.12. The SMILES string of the molecule is COC(=O)c1cc(S(=O)(=O)NC(CN)CC(C)C)cs1. The Hall–Kier alpha value is -0.960. The minimum Gasteiger partial charge on any atom is -0.465 e. The summed E-state index contributed by atoms with van der Waals surface area (Å²) < 4.78 is 31.5. The quantitative estimate of drug-likeness (QED) is 0.735. The third-order valence-corrected chi connectivity index (χ3v) is 5.19. The van der Waals surface area contributed by atoms with Crippen molar-refractivity contribution in [3.8, 4) is 0 Å². The second-order valence-electron chi connectivity index (χ2n) is 4.82. The third kappa shape index (κ3) is 4.55. The van der Waals surface area contributed by atoms with Crippen molar-refractivity contribution in [2.45, 2.75) is 31.2 Å². The lowest BCUT2D eigenvalue weighted by Gasteiger charge is -2.18. The molecule has 0 fully saturated rings. The molecule has 20 heavy (non-hydrogen) atoms. The second-order valence-corrected chi connectivity index (χ2v) is 7.45. The predicted octanol–water partition coefficient (Wildman–Crippen LogP) is 1.19. The van der Waals surface area contributed by atoms with Crippen molar-refractivity contribution in [1.29, 1.82) is 0 Å². The van der Waals surface area contributed by atoms with Gasteiger partial charge < -0.3 is 10.5 Å². The van der Waals surface area contributed by atoms with Crippen LogP contribution in [0.25, 0.3) is 0 Å². The van der Waals surface area contributed by atoms with Gasteiger partial charge >= 0.3 is 5.97 Å². The van der Waals surface area contributed by atoms with Crippen molar-refractivity contribution in [2.24, 2.45) is 11.7 Å². The van der Waals surface area contributed by atoms with Crippen LogP contribution in [0.3, 0.4) is 0 Å². The molecule has 1 aromatic rings. The minimum absolute atomic E-state index is 0.0603. The summed E-state index contributed by atoms with van der Waals surface area (Å²) in [5, 5.41) is 1.41. The molecule has 0 aliphatic rings. The molecule has 0 saturated carbocycles. The average Bonchev–Trinajstić information content (AvgIpc) is 2.86. The highest BCUT2D eigenvalue weighted by Gasteiger charge is 2.22. The van der Waals surface area contributed by atoms with Gasteiger partial charge in [0.1, 0.15) is 4.88 Å². The lowest BCUT2D eigenvalue weighted by molar-refractivity contribution is 0.0606. The zero-order valence-electron chi connectivity index (χ0n) is 11.8. The number of esters is 1. The summed E-state index contributed by atoms with van der Waals surface area (Å²) in [4.78, 5) is 11.6. The number of nitrogens with two attached hydrogens (primary N) is 1. The standard InChI is InChI=1S/C12H20N2O4S2/c1-8(2)4-9(6-13)14-20(16,17)10-5-11(19-7-10)12(15)18-3/h5,7-9,14H,4,6,13H2,1-3H3. The summed E-state index contributed by atoms with van der Waals surface area (Å²) in [5.74, 6) is -0.214. The summed E-state index contributed by atoms with van der Waals surface area (Å²) in [6, 6.07) is 0.989. The van der Waals surface area contributed by atoms with E-state index < -0.39 is 16.0 Å². The maximum absolute atomic E-state index is 12.2. The highest BCUT2D eigenvalue weighted by atomic mass is 32.2. The number of carbonyl (C=O) groups is 1. The molecule has 1 aromatic heterocycles. The van der Waals surface area contributed by atoms with Gasteiger partial charge in [0.2, 0.25) is 10.0 Å². The molecule has 1 heterocycles. The Bertz CT molecular complexity index is 552. The zero-order valence-corrected chi connectivity index (χ0v) is 13.4. The van der Waals surface area contributed by atoms with Crippen LogP contribution in [0.4, 0.5) is 0 Å². The monoisotopic (exact) mass is 320 g/mol. The number of hydrogen-bond donors (Lipinski definition) is 2. The summed E-state index contributed by atoms with van der Waals surface area (Å²) in [6.07, 6.45) is 0.656. The van der Waals surface area contributed by atoms with Gasteiger partial charge in [-0.25, -0.2) is 17.9 Å². The molecule has 0 bridgehead atoms. The Morgan fingerprint density at radius 1 is 1.50 bits per heavy atom. The summed E-state index contributed by atoms with van der Waals surface area (Å²) in [7, 11) is -2.41. The highest BCUT2D eigenvalue weighted by molar-refractivity contribution is 7.89. The number of methoxy groups -OCH3 is 1. The van der Waals surface area contributed by atoms with Gasteiger partial charge in [0, 0.05) is 18.0 Å². The Morgan fingerprint density at radius 3 is 2.65 bits per heavy atom. The first-order valence-electron chi connectivity index (χ1n) is 6.19. The topological polar surface area (TPSA) is 98.5 Å². The van der Waals surface area contributed by atoms with Crippen molar-refractivity contribution < 1.29 is 17.9 Å². The van der Waals surface area contributed by atoms with Gasteiger partial charge in [-0.05, 0) is 18.4 Å². The summed E-state index contributed by atoms with van der Waals surface area (Å²) in [6.45, 7) is 4.22. The maximum Gasteiger partial charge on any atom is 0.348 e. The summed E-state index contributed by atoms with van der Waals surface area (Å²) >= 11 is 1.03. The number of nitrogens with one attached hydrogen (secondary N) is 1. The molecule has 1 rings (SSSR count). The van der Waals surface area contributed by atoms with E-state index in [0.717, 1.165) is 11.3 Å². The lowest BCUT2D eigenvalue weighted by atomic mass is 10.1. The third-order valence-electron chi connectivity index (χ3n) is 2.63. The van der Waals surface area contributed by atoms with Crippen molar-refractivity contribution >= 4 is 27.3 Å². The van der Waals surface area contributed by atoms with Crippen molar-refractivity contribution in [1.82, 2.24) is 4.72 Å². The van der Waals surface area contributed by atoms with Crippen LogP contribution < -0.4 is 10.5 Å². The first kappa shape index (κ1) is 17.1. The van der Waals surface area contributed by atoms with Gasteiger partial charge in [-0.3, -0.25) is 0 Å². The number of ether oxygens (including phenoxy) is 1. The van der Waals surface area contributed by atoms with Gasteiger partial charge in [-0.1, -0.05) is 13.8 Å². The normalized spacial score (nSPS) is 13.4.